The zero-order valence-corrected chi connectivity index (χ0v) is 10.8. The van der Waals surface area contributed by atoms with Gasteiger partial charge in [0.15, 0.2) is 5.75 Å². The molecule has 1 atom stereocenters. The van der Waals surface area contributed by atoms with Gasteiger partial charge in [-0.25, -0.2) is 0 Å². The lowest BCUT2D eigenvalue weighted by molar-refractivity contribution is -0.0855. The van der Waals surface area contributed by atoms with Gasteiger partial charge in [0.2, 0.25) is 0 Å². The van der Waals surface area contributed by atoms with E-state index in [0.717, 1.165) is 0 Å². The third-order valence-corrected chi connectivity index (χ3v) is 2.87. The molecule has 0 bridgehead atoms. The van der Waals surface area contributed by atoms with Crippen molar-refractivity contribution in [1.29, 1.82) is 0 Å². The van der Waals surface area contributed by atoms with Crippen LogP contribution in [0.1, 0.15) is 10.4 Å². The number of methoxy groups -OCH3 is 1. The Labute approximate surface area is 111 Å². The van der Waals surface area contributed by atoms with Crippen molar-refractivity contribution < 1.29 is 19.0 Å². The molecule has 1 amide bonds. The van der Waals surface area contributed by atoms with Crippen molar-refractivity contribution in [2.45, 2.75) is 6.10 Å². The summed E-state index contributed by atoms with van der Waals surface area (Å²) in [5.41, 5.74) is 6.61. The number of benzene rings is 1. The predicted octanol–water partition coefficient (Wildman–Crippen LogP) is 0.423. The molecular weight excluding hydrogens is 248 g/mol. The van der Waals surface area contributed by atoms with Gasteiger partial charge >= 0.3 is 0 Å². The molecule has 0 aliphatic carbocycles. The van der Waals surface area contributed by atoms with Crippen LogP contribution in [-0.2, 0) is 9.47 Å². The molecule has 0 aromatic heterocycles. The standard InChI is InChI=1S/C13H18N2O4/c1-17-12-10(3-2-4-11(12)14)13(16)15-7-9-8-18-5-6-19-9/h2-4,9H,5-8,14H2,1H3,(H,15,16). The summed E-state index contributed by atoms with van der Waals surface area (Å²) in [4.78, 5) is 12.1. The molecule has 6 heteroatoms. The first-order valence-electron chi connectivity index (χ1n) is 6.12. The molecule has 3 N–H and O–H groups in total. The average Bonchev–Trinajstić information content (AvgIpc) is 2.45. The van der Waals surface area contributed by atoms with Crippen LogP contribution in [0.25, 0.3) is 0 Å². The van der Waals surface area contributed by atoms with Crippen LogP contribution in [0.15, 0.2) is 18.2 Å². The summed E-state index contributed by atoms with van der Waals surface area (Å²) in [6.45, 7) is 2.06. The molecule has 0 saturated carbocycles. The molecule has 1 aromatic rings. The number of carbonyl (C=O) groups excluding carboxylic acids is 1. The Morgan fingerprint density at radius 1 is 1.53 bits per heavy atom. The van der Waals surface area contributed by atoms with Gasteiger partial charge in [0, 0.05) is 6.54 Å². The topological polar surface area (TPSA) is 82.8 Å². The van der Waals surface area contributed by atoms with Gasteiger partial charge in [-0.1, -0.05) is 6.07 Å². The van der Waals surface area contributed by atoms with E-state index < -0.39 is 0 Å². The molecule has 104 valence electrons. The highest BCUT2D eigenvalue weighted by Crippen LogP contribution is 2.25. The van der Waals surface area contributed by atoms with E-state index >= 15 is 0 Å². The number of anilines is 1. The maximum absolute atomic E-state index is 12.1. The fraction of sp³-hybridized carbons (Fsp3) is 0.462. The van der Waals surface area contributed by atoms with Gasteiger partial charge in [-0.05, 0) is 12.1 Å². The normalized spacial score (nSPS) is 18.9. The Morgan fingerprint density at radius 2 is 2.37 bits per heavy atom. The number of carbonyl (C=O) groups is 1. The van der Waals surface area contributed by atoms with Crippen LogP contribution in [0.2, 0.25) is 0 Å². The van der Waals surface area contributed by atoms with Gasteiger partial charge in [-0.2, -0.15) is 0 Å². The van der Waals surface area contributed by atoms with Crippen LogP contribution in [0.4, 0.5) is 5.69 Å². The fourth-order valence-corrected chi connectivity index (χ4v) is 1.92. The van der Waals surface area contributed by atoms with E-state index in [1.807, 2.05) is 0 Å². The first-order valence-corrected chi connectivity index (χ1v) is 6.12. The molecule has 1 aliphatic rings. The van der Waals surface area contributed by atoms with E-state index in [4.69, 9.17) is 19.9 Å². The van der Waals surface area contributed by atoms with E-state index in [9.17, 15) is 4.79 Å². The van der Waals surface area contributed by atoms with Crippen LogP contribution in [0.3, 0.4) is 0 Å². The molecule has 1 saturated heterocycles. The number of ether oxygens (including phenoxy) is 3. The van der Waals surface area contributed by atoms with Gasteiger partial charge in [-0.15, -0.1) is 0 Å². The van der Waals surface area contributed by atoms with Crippen LogP contribution >= 0.6 is 0 Å². The number of hydrogen-bond acceptors (Lipinski definition) is 5. The second kappa shape index (κ2) is 6.40. The number of hydrogen-bond donors (Lipinski definition) is 2. The first-order chi connectivity index (χ1) is 9.22. The zero-order valence-electron chi connectivity index (χ0n) is 10.8. The first kappa shape index (κ1) is 13.6. The average molecular weight is 266 g/mol. The number of para-hydroxylation sites is 1. The van der Waals surface area contributed by atoms with Crippen LogP contribution in [0.5, 0.6) is 5.75 Å². The zero-order chi connectivity index (χ0) is 13.7. The van der Waals surface area contributed by atoms with Crippen LogP contribution < -0.4 is 15.8 Å². The highest BCUT2D eigenvalue weighted by Gasteiger charge is 2.18. The summed E-state index contributed by atoms with van der Waals surface area (Å²) < 4.78 is 15.9. The molecule has 1 fully saturated rings. The van der Waals surface area contributed by atoms with E-state index in [2.05, 4.69) is 5.32 Å². The van der Waals surface area contributed by atoms with Gasteiger partial charge in [0.1, 0.15) is 0 Å². The molecule has 2 rings (SSSR count). The summed E-state index contributed by atoms with van der Waals surface area (Å²) >= 11 is 0. The molecule has 6 nitrogen and oxygen atoms in total. The van der Waals surface area contributed by atoms with Crippen molar-refractivity contribution in [3.05, 3.63) is 23.8 Å². The van der Waals surface area contributed by atoms with Gasteiger partial charge in [0.05, 0.1) is 44.3 Å². The Bertz CT molecular complexity index is 444. The quantitative estimate of drug-likeness (QED) is 0.772. The van der Waals surface area contributed by atoms with Crippen molar-refractivity contribution in [1.82, 2.24) is 5.32 Å². The van der Waals surface area contributed by atoms with E-state index in [1.54, 1.807) is 18.2 Å². The molecule has 1 unspecified atom stereocenters. The minimum Gasteiger partial charge on any atom is -0.494 e. The molecule has 19 heavy (non-hydrogen) atoms. The van der Waals surface area contributed by atoms with Gasteiger partial charge in [0.25, 0.3) is 5.91 Å². The lowest BCUT2D eigenvalue weighted by atomic mass is 10.1. The minimum absolute atomic E-state index is 0.107. The van der Waals surface area contributed by atoms with E-state index in [1.165, 1.54) is 7.11 Å². The lowest BCUT2D eigenvalue weighted by Gasteiger charge is -2.23. The maximum atomic E-state index is 12.1. The second-order valence-electron chi connectivity index (χ2n) is 4.21. The summed E-state index contributed by atoms with van der Waals surface area (Å²) in [5.74, 6) is 0.152. The third kappa shape index (κ3) is 3.36. The largest absolute Gasteiger partial charge is 0.494 e. The highest BCUT2D eigenvalue weighted by atomic mass is 16.6. The summed E-state index contributed by atoms with van der Waals surface area (Å²) in [6, 6.07) is 5.07. The Balaban J connectivity index is 1.97. The minimum atomic E-state index is -0.238. The smallest absolute Gasteiger partial charge is 0.255 e. The number of amides is 1. The predicted molar refractivity (Wildman–Crippen MR) is 70.3 cm³/mol. The van der Waals surface area contributed by atoms with Gasteiger partial charge in [-0.3, -0.25) is 4.79 Å². The molecular formula is C13H18N2O4. The molecule has 1 heterocycles. The molecule has 1 aliphatic heterocycles. The number of rotatable bonds is 4. The Kier molecular flexibility index (Phi) is 4.59. The second-order valence-corrected chi connectivity index (χ2v) is 4.21. The van der Waals surface area contributed by atoms with Crippen molar-refractivity contribution in [3.8, 4) is 5.75 Å². The maximum Gasteiger partial charge on any atom is 0.255 e. The van der Waals surface area contributed by atoms with Crippen molar-refractivity contribution in [2.24, 2.45) is 0 Å². The molecule has 0 radical (unpaired) electrons. The van der Waals surface area contributed by atoms with Crippen LogP contribution in [0, 0.1) is 0 Å². The third-order valence-electron chi connectivity index (χ3n) is 2.87. The van der Waals surface area contributed by atoms with Gasteiger partial charge < -0.3 is 25.3 Å². The summed E-state index contributed by atoms with van der Waals surface area (Å²) in [7, 11) is 1.49. The Morgan fingerprint density at radius 3 is 3.05 bits per heavy atom. The monoisotopic (exact) mass is 266 g/mol. The molecule has 0 spiro atoms. The Hall–Kier alpha value is -1.79. The van der Waals surface area contributed by atoms with Crippen molar-refractivity contribution in [2.75, 3.05) is 39.2 Å². The van der Waals surface area contributed by atoms with E-state index in [0.29, 0.717) is 43.4 Å². The number of nitrogen functional groups attached to an aromatic ring is 1. The van der Waals surface area contributed by atoms with Crippen LogP contribution in [-0.4, -0.2) is 45.5 Å². The van der Waals surface area contributed by atoms with Crippen molar-refractivity contribution in [3.63, 3.8) is 0 Å². The number of nitrogens with two attached hydrogens (primary N) is 1. The fourth-order valence-electron chi connectivity index (χ4n) is 1.92. The lowest BCUT2D eigenvalue weighted by Crippen LogP contribution is -2.39. The SMILES string of the molecule is COc1c(N)cccc1C(=O)NCC1COCCO1. The summed E-state index contributed by atoms with van der Waals surface area (Å²) in [5, 5.41) is 2.79. The van der Waals surface area contributed by atoms with Crippen molar-refractivity contribution >= 4 is 11.6 Å². The number of nitrogens with one attached hydrogen (secondary N) is 1. The molecule has 1 aromatic carbocycles. The van der Waals surface area contributed by atoms with E-state index in [-0.39, 0.29) is 12.0 Å². The highest BCUT2D eigenvalue weighted by molar-refractivity contribution is 5.98. The summed E-state index contributed by atoms with van der Waals surface area (Å²) in [6.07, 6.45) is -0.107.